The number of hydrogen-bond donors (Lipinski definition) is 1. The van der Waals surface area contributed by atoms with Crippen LogP contribution in [0.2, 0.25) is 0 Å². The van der Waals surface area contributed by atoms with Crippen molar-refractivity contribution in [3.05, 3.63) is 11.8 Å². The van der Waals surface area contributed by atoms with Gasteiger partial charge in [-0.15, -0.1) is 0 Å². The highest BCUT2D eigenvalue weighted by Crippen LogP contribution is 2.39. The first-order valence-corrected chi connectivity index (χ1v) is 5.61. The van der Waals surface area contributed by atoms with Crippen LogP contribution in [0, 0.1) is 11.8 Å². The van der Waals surface area contributed by atoms with E-state index < -0.39 is 11.8 Å². The third-order valence-electron chi connectivity index (χ3n) is 2.93. The van der Waals surface area contributed by atoms with Gasteiger partial charge in [0, 0.05) is 33.7 Å². The molecule has 0 aromatic carbocycles. The summed E-state index contributed by atoms with van der Waals surface area (Å²) in [5, 5.41) is 2.97. The quantitative estimate of drug-likeness (QED) is 0.799. The Morgan fingerprint density at radius 1 is 1.18 bits per heavy atom. The molecule has 2 rings (SSSR count). The van der Waals surface area contributed by atoms with Crippen LogP contribution < -0.4 is 15.1 Å². The van der Waals surface area contributed by atoms with Crippen molar-refractivity contribution in [2.24, 2.45) is 0 Å². The topological polar surface area (TPSA) is 31.4 Å². The molecule has 0 saturated heterocycles. The van der Waals surface area contributed by atoms with Crippen molar-refractivity contribution in [3.63, 3.8) is 0 Å². The van der Waals surface area contributed by atoms with E-state index in [1.165, 1.54) is 0 Å². The molecule has 1 N–H and O–H groups in total. The Kier molecular flexibility index (Phi) is 3.04. The van der Waals surface area contributed by atoms with Gasteiger partial charge < -0.3 is 15.1 Å². The summed E-state index contributed by atoms with van der Waals surface area (Å²) in [6.07, 6.45) is 0. The summed E-state index contributed by atoms with van der Waals surface area (Å²) < 4.78 is 27.2. The van der Waals surface area contributed by atoms with Crippen LogP contribution in [0.5, 0.6) is 0 Å². The number of hydrogen-bond acceptors (Lipinski definition) is 4. The molecule has 0 saturated carbocycles. The number of nitrogens with zero attached hydrogens (tertiary/aromatic N) is 3. The lowest BCUT2D eigenvalue weighted by molar-refractivity contribution is 0.478. The Morgan fingerprint density at radius 2 is 1.76 bits per heavy atom. The number of nitrogens with one attached hydrogen (secondary N) is 1. The van der Waals surface area contributed by atoms with Crippen LogP contribution in [0.4, 0.5) is 26.0 Å². The maximum absolute atomic E-state index is 13.8. The number of rotatable bonds is 2. The summed E-state index contributed by atoms with van der Waals surface area (Å²) in [6.45, 7) is 3.92. The zero-order valence-corrected chi connectivity index (χ0v) is 10.2. The van der Waals surface area contributed by atoms with E-state index in [0.717, 1.165) is 6.54 Å². The van der Waals surface area contributed by atoms with Gasteiger partial charge in [0.05, 0.1) is 0 Å². The van der Waals surface area contributed by atoms with E-state index in [2.05, 4.69) is 10.3 Å². The molecule has 0 fully saturated rings. The molecule has 6 heteroatoms. The van der Waals surface area contributed by atoms with Crippen molar-refractivity contribution >= 4 is 17.2 Å². The van der Waals surface area contributed by atoms with Crippen LogP contribution in [0.1, 0.15) is 6.92 Å². The minimum atomic E-state index is -1.05. The number of pyridine rings is 1. The Morgan fingerprint density at radius 3 is 2.35 bits per heavy atom. The molecule has 0 bridgehead atoms. The van der Waals surface area contributed by atoms with Gasteiger partial charge in [-0.1, -0.05) is 0 Å². The SMILES string of the molecule is CCNc1nc(F)c(F)c2c1N(C)CCN2C. The predicted octanol–water partition coefficient (Wildman–Crippen LogP) is 1.68. The monoisotopic (exact) mass is 242 g/mol. The zero-order valence-electron chi connectivity index (χ0n) is 10.2. The lowest BCUT2D eigenvalue weighted by Gasteiger charge is -2.35. The van der Waals surface area contributed by atoms with E-state index in [-0.39, 0.29) is 5.69 Å². The van der Waals surface area contributed by atoms with E-state index >= 15 is 0 Å². The number of fused-ring (bicyclic) bond motifs is 1. The highest BCUT2D eigenvalue weighted by Gasteiger charge is 2.28. The van der Waals surface area contributed by atoms with Gasteiger partial charge in [0.1, 0.15) is 11.4 Å². The van der Waals surface area contributed by atoms with Gasteiger partial charge in [0.2, 0.25) is 5.82 Å². The molecular weight excluding hydrogens is 226 g/mol. The summed E-state index contributed by atoms with van der Waals surface area (Å²) >= 11 is 0. The molecule has 0 spiro atoms. The molecular formula is C11H16F2N4. The van der Waals surface area contributed by atoms with Crippen LogP contribution in [0.15, 0.2) is 0 Å². The molecule has 4 nitrogen and oxygen atoms in total. The van der Waals surface area contributed by atoms with E-state index in [9.17, 15) is 8.78 Å². The lowest BCUT2D eigenvalue weighted by atomic mass is 10.2. The third kappa shape index (κ3) is 1.87. The first-order valence-electron chi connectivity index (χ1n) is 5.61. The second-order valence-electron chi connectivity index (χ2n) is 4.14. The summed E-state index contributed by atoms with van der Waals surface area (Å²) in [7, 11) is 3.61. The van der Waals surface area contributed by atoms with Crippen molar-refractivity contribution in [2.45, 2.75) is 6.92 Å². The van der Waals surface area contributed by atoms with Gasteiger partial charge in [0.25, 0.3) is 5.95 Å². The summed E-state index contributed by atoms with van der Waals surface area (Å²) in [5.74, 6) is -1.53. The molecule has 17 heavy (non-hydrogen) atoms. The molecule has 0 amide bonds. The van der Waals surface area contributed by atoms with E-state index in [4.69, 9.17) is 0 Å². The van der Waals surface area contributed by atoms with Gasteiger partial charge >= 0.3 is 0 Å². The summed E-state index contributed by atoms with van der Waals surface area (Å²) in [6, 6.07) is 0. The highest BCUT2D eigenvalue weighted by atomic mass is 19.2. The Labute approximate surface area is 99.2 Å². The Bertz CT molecular complexity index is 436. The molecule has 0 unspecified atom stereocenters. The normalized spacial score (nSPS) is 14.9. The zero-order chi connectivity index (χ0) is 12.6. The Hall–Kier alpha value is -1.59. The first-order chi connectivity index (χ1) is 8.06. The Balaban J connectivity index is 2.64. The van der Waals surface area contributed by atoms with Crippen LogP contribution in [0.3, 0.4) is 0 Å². The standard InChI is InChI=1S/C11H16F2N4/c1-4-14-11-9-8(7(12)10(13)15-11)16(2)5-6-17(9)3/h4-6H2,1-3H3,(H,14,15). The van der Waals surface area contributed by atoms with Gasteiger partial charge in [-0.2, -0.15) is 13.8 Å². The van der Waals surface area contributed by atoms with E-state index in [1.54, 1.807) is 11.9 Å². The lowest BCUT2D eigenvalue weighted by Crippen LogP contribution is -2.38. The van der Waals surface area contributed by atoms with Gasteiger partial charge in [-0.05, 0) is 6.92 Å². The predicted molar refractivity (Wildman–Crippen MR) is 64.9 cm³/mol. The van der Waals surface area contributed by atoms with E-state index in [0.29, 0.717) is 24.6 Å². The maximum atomic E-state index is 13.8. The fourth-order valence-corrected chi connectivity index (χ4v) is 2.04. The number of anilines is 3. The average Bonchev–Trinajstić information content (AvgIpc) is 2.29. The fraction of sp³-hybridized carbons (Fsp3) is 0.545. The van der Waals surface area contributed by atoms with Crippen LogP contribution in [-0.2, 0) is 0 Å². The highest BCUT2D eigenvalue weighted by molar-refractivity contribution is 5.83. The smallest absolute Gasteiger partial charge is 0.253 e. The molecule has 0 radical (unpaired) electrons. The largest absolute Gasteiger partial charge is 0.369 e. The third-order valence-corrected chi connectivity index (χ3v) is 2.93. The van der Waals surface area contributed by atoms with Crippen LogP contribution >= 0.6 is 0 Å². The molecule has 1 aliphatic rings. The average molecular weight is 242 g/mol. The van der Waals surface area contributed by atoms with Crippen molar-refractivity contribution in [1.29, 1.82) is 0 Å². The van der Waals surface area contributed by atoms with Crippen LogP contribution in [-0.4, -0.2) is 38.7 Å². The number of likely N-dealkylation sites (N-methyl/N-ethyl adjacent to an activating group) is 2. The summed E-state index contributed by atoms with van der Waals surface area (Å²) in [5.41, 5.74) is 0.904. The minimum Gasteiger partial charge on any atom is -0.369 e. The van der Waals surface area contributed by atoms with Crippen molar-refractivity contribution in [1.82, 2.24) is 4.98 Å². The maximum Gasteiger partial charge on any atom is 0.253 e. The fourth-order valence-electron chi connectivity index (χ4n) is 2.04. The summed E-state index contributed by atoms with van der Waals surface area (Å²) in [4.78, 5) is 7.25. The van der Waals surface area contributed by atoms with E-state index in [1.807, 2.05) is 18.9 Å². The van der Waals surface area contributed by atoms with Gasteiger partial charge in [-0.25, -0.2) is 0 Å². The minimum absolute atomic E-state index is 0.280. The molecule has 1 aromatic heterocycles. The van der Waals surface area contributed by atoms with Crippen LogP contribution in [0.25, 0.3) is 0 Å². The molecule has 94 valence electrons. The molecule has 2 heterocycles. The first kappa shape index (κ1) is 11.9. The second kappa shape index (κ2) is 4.35. The molecule has 0 aliphatic carbocycles. The van der Waals surface area contributed by atoms with Gasteiger partial charge in [0.15, 0.2) is 5.82 Å². The number of aromatic nitrogens is 1. The van der Waals surface area contributed by atoms with Crippen molar-refractivity contribution in [3.8, 4) is 0 Å². The molecule has 1 aliphatic heterocycles. The van der Waals surface area contributed by atoms with Gasteiger partial charge in [-0.3, -0.25) is 0 Å². The van der Waals surface area contributed by atoms with Crippen molar-refractivity contribution < 1.29 is 8.78 Å². The molecule has 0 atom stereocenters. The second-order valence-corrected chi connectivity index (χ2v) is 4.14. The number of halogens is 2. The molecule has 1 aromatic rings. The van der Waals surface area contributed by atoms with Crippen molar-refractivity contribution in [2.75, 3.05) is 48.8 Å².